The maximum Gasteiger partial charge on any atom is 0.269 e. The van der Waals surface area contributed by atoms with Crippen molar-refractivity contribution in [3.63, 3.8) is 0 Å². The number of hydrogen-bond acceptors (Lipinski definition) is 4. The third-order valence-electron chi connectivity index (χ3n) is 4.77. The van der Waals surface area contributed by atoms with Gasteiger partial charge in [-0.1, -0.05) is 20.8 Å². The Hall–Kier alpha value is -2.04. The van der Waals surface area contributed by atoms with E-state index in [1.54, 1.807) is 12.1 Å². The van der Waals surface area contributed by atoms with Crippen LogP contribution in [0.25, 0.3) is 0 Å². The molecule has 0 saturated carbocycles. The smallest absolute Gasteiger partial charge is 0.265 e. The van der Waals surface area contributed by atoms with Crippen LogP contribution in [0.3, 0.4) is 0 Å². The summed E-state index contributed by atoms with van der Waals surface area (Å²) in [7, 11) is -2.09. The summed E-state index contributed by atoms with van der Waals surface area (Å²) in [5.41, 5.74) is 0.885. The molecule has 0 spiro atoms. The first kappa shape index (κ1) is 18.7. The molecule has 1 aliphatic heterocycles. The van der Waals surface area contributed by atoms with Gasteiger partial charge in [0.15, 0.2) is 0 Å². The molecule has 0 amide bonds. The predicted octanol–water partition coefficient (Wildman–Crippen LogP) is 4.96. The van der Waals surface area contributed by atoms with Crippen LogP contribution in [0, 0.1) is 10.1 Å². The summed E-state index contributed by atoms with van der Waals surface area (Å²) in [4.78, 5) is 14.8. The van der Waals surface area contributed by atoms with E-state index in [0.717, 1.165) is 18.8 Å². The van der Waals surface area contributed by atoms with Crippen molar-refractivity contribution in [2.24, 2.45) is 4.74 Å². The summed E-state index contributed by atoms with van der Waals surface area (Å²) >= 11 is 0. The van der Waals surface area contributed by atoms with E-state index in [1.807, 2.05) is 12.4 Å². The molecule has 1 fully saturated rings. The number of nitro groups is 1. The van der Waals surface area contributed by atoms with E-state index < -0.39 is 7.21 Å². The van der Waals surface area contributed by atoms with Crippen LogP contribution in [0.2, 0.25) is 0 Å². The topological polar surface area (TPSA) is 71.6 Å². The Balaban J connectivity index is 2.23. The van der Waals surface area contributed by atoms with Gasteiger partial charge in [-0.2, -0.15) is 0 Å². The highest BCUT2D eigenvalue weighted by Gasteiger charge is 2.42. The van der Waals surface area contributed by atoms with Crippen molar-refractivity contribution in [1.29, 1.82) is 0 Å². The van der Waals surface area contributed by atoms with Crippen LogP contribution in [0.15, 0.2) is 53.5 Å². The molecule has 3 rings (SSSR count). The molecule has 7 heteroatoms. The van der Waals surface area contributed by atoms with Gasteiger partial charge in [0.2, 0.25) is 0 Å². The molecule has 0 aliphatic carbocycles. The van der Waals surface area contributed by atoms with E-state index in [0.29, 0.717) is 0 Å². The Morgan fingerprint density at radius 2 is 1.65 bits per heavy atom. The first-order valence-electron chi connectivity index (χ1n) is 8.87. The molecule has 6 nitrogen and oxygen atoms in total. The molecular formula is C19H25N4O2P. The highest BCUT2D eigenvalue weighted by atomic mass is 31.2. The molecule has 0 bridgehead atoms. The van der Waals surface area contributed by atoms with E-state index >= 15 is 0 Å². The Bertz CT molecular complexity index is 823. The Morgan fingerprint density at radius 3 is 2.15 bits per heavy atom. The molecule has 2 heterocycles. The van der Waals surface area contributed by atoms with Gasteiger partial charge >= 0.3 is 0 Å². The Labute approximate surface area is 154 Å². The average molecular weight is 372 g/mol. The van der Waals surface area contributed by atoms with Gasteiger partial charge in [-0.3, -0.25) is 19.8 Å². The van der Waals surface area contributed by atoms with Gasteiger partial charge in [0.1, 0.15) is 0 Å². The molecule has 1 atom stereocenters. The van der Waals surface area contributed by atoms with Crippen molar-refractivity contribution in [2.45, 2.75) is 38.8 Å². The van der Waals surface area contributed by atoms with E-state index in [2.05, 4.69) is 42.6 Å². The zero-order valence-electron chi connectivity index (χ0n) is 15.5. The molecule has 2 aromatic rings. The quantitative estimate of drug-likeness (QED) is 0.432. The third-order valence-corrected chi connectivity index (χ3v) is 9.40. The summed E-state index contributed by atoms with van der Waals surface area (Å²) in [5, 5.41) is 12.1. The molecule has 1 saturated heterocycles. The van der Waals surface area contributed by atoms with E-state index in [-0.39, 0.29) is 15.8 Å². The molecule has 1 unspecified atom stereocenters. The lowest BCUT2D eigenvalue weighted by atomic mass is 10.3. The second-order valence-corrected chi connectivity index (χ2v) is 11.3. The summed E-state index contributed by atoms with van der Waals surface area (Å²) in [5.74, 6) is 0. The highest BCUT2D eigenvalue weighted by Crippen LogP contribution is 2.64. The molecule has 1 aromatic carbocycles. The van der Waals surface area contributed by atoms with Crippen LogP contribution < -0.4 is 5.30 Å². The fourth-order valence-corrected chi connectivity index (χ4v) is 7.97. The van der Waals surface area contributed by atoms with Gasteiger partial charge in [-0.25, -0.2) is 4.74 Å². The van der Waals surface area contributed by atoms with Crippen molar-refractivity contribution in [2.75, 3.05) is 13.1 Å². The maximum atomic E-state index is 11.0. The first-order valence-corrected chi connectivity index (χ1v) is 10.6. The monoisotopic (exact) mass is 372 g/mol. The number of pyridine rings is 1. The van der Waals surface area contributed by atoms with E-state index in [4.69, 9.17) is 4.74 Å². The number of benzene rings is 1. The van der Waals surface area contributed by atoms with Gasteiger partial charge in [-0.05, 0) is 37.1 Å². The second-order valence-electron chi connectivity index (χ2n) is 7.51. The summed E-state index contributed by atoms with van der Waals surface area (Å²) in [6.45, 7) is 8.80. The van der Waals surface area contributed by atoms with Crippen LogP contribution in [-0.2, 0) is 0 Å². The number of nitro benzene ring substituents is 1. The largest absolute Gasteiger partial charge is 0.269 e. The summed E-state index contributed by atoms with van der Waals surface area (Å²) in [6.07, 6.45) is 6.02. The summed E-state index contributed by atoms with van der Waals surface area (Å²) in [6, 6.07) is 10.7. The molecule has 1 aliphatic rings. The molecule has 26 heavy (non-hydrogen) atoms. The zero-order chi connectivity index (χ0) is 18.8. The zero-order valence-corrected chi connectivity index (χ0v) is 16.4. The number of rotatable bonds is 4. The number of hydrogen-bond donors (Lipinski definition) is 0. The van der Waals surface area contributed by atoms with Gasteiger partial charge in [0.25, 0.3) is 5.69 Å². The second kappa shape index (κ2) is 7.29. The summed E-state index contributed by atoms with van der Waals surface area (Å²) < 4.78 is 7.85. The highest BCUT2D eigenvalue weighted by molar-refractivity contribution is 7.73. The number of aromatic nitrogens is 1. The lowest BCUT2D eigenvalue weighted by molar-refractivity contribution is -0.384. The molecule has 138 valence electrons. The third kappa shape index (κ3) is 3.44. The van der Waals surface area contributed by atoms with Crippen molar-refractivity contribution >= 4 is 23.9 Å². The normalized spacial score (nSPS) is 17.7. The van der Waals surface area contributed by atoms with Crippen LogP contribution in [-0.4, -0.2) is 32.8 Å². The lowest BCUT2D eigenvalue weighted by Crippen LogP contribution is -2.35. The molecular weight excluding hydrogens is 347 g/mol. The Kier molecular flexibility index (Phi) is 5.26. The van der Waals surface area contributed by atoms with Gasteiger partial charge in [-0.15, -0.1) is 0 Å². The fourth-order valence-electron chi connectivity index (χ4n) is 3.60. The molecule has 1 aromatic heterocycles. The van der Waals surface area contributed by atoms with Crippen molar-refractivity contribution in [3.8, 4) is 0 Å². The van der Waals surface area contributed by atoms with Crippen LogP contribution in [0.4, 0.5) is 11.4 Å². The standard InChI is InChI=1S/C19H25N4O2P/c1-19(2,3)26(22-14-4-5-15-22,18-10-12-20-13-11-18)21-16-6-8-17(9-7-16)23(24)25/h6-13H,4-5,14-15H2,1-3H3. The van der Waals surface area contributed by atoms with Crippen molar-refractivity contribution in [1.82, 2.24) is 9.65 Å². The van der Waals surface area contributed by atoms with Gasteiger partial charge in [0.05, 0.1) is 17.8 Å². The van der Waals surface area contributed by atoms with Gasteiger partial charge in [0, 0.05) is 48.1 Å². The molecule has 0 radical (unpaired) electrons. The minimum absolute atomic E-state index is 0.0690. The first-order chi connectivity index (χ1) is 12.3. The number of nitrogens with zero attached hydrogens (tertiary/aromatic N) is 4. The minimum Gasteiger partial charge on any atom is -0.265 e. The lowest BCUT2D eigenvalue weighted by Gasteiger charge is -2.43. The molecule has 0 N–H and O–H groups in total. The van der Waals surface area contributed by atoms with Crippen molar-refractivity contribution in [3.05, 3.63) is 58.9 Å². The van der Waals surface area contributed by atoms with Crippen LogP contribution >= 0.6 is 7.21 Å². The minimum atomic E-state index is -2.09. The fraction of sp³-hybridized carbons (Fsp3) is 0.421. The average Bonchev–Trinajstić information content (AvgIpc) is 3.14. The predicted molar refractivity (Wildman–Crippen MR) is 107 cm³/mol. The van der Waals surface area contributed by atoms with Crippen molar-refractivity contribution < 1.29 is 4.92 Å². The van der Waals surface area contributed by atoms with Crippen LogP contribution in [0.5, 0.6) is 0 Å². The Morgan fingerprint density at radius 1 is 1.08 bits per heavy atom. The maximum absolute atomic E-state index is 11.0. The SMILES string of the molecule is CC(C)(C)P(=Nc1ccc([N+](=O)[O-])cc1)(c1ccncc1)N1CCCC1. The van der Waals surface area contributed by atoms with E-state index in [1.165, 1.54) is 30.3 Å². The van der Waals surface area contributed by atoms with Gasteiger partial charge < -0.3 is 0 Å². The number of non-ortho nitro benzene ring substituents is 1. The van der Waals surface area contributed by atoms with E-state index in [9.17, 15) is 10.1 Å². The van der Waals surface area contributed by atoms with Crippen LogP contribution in [0.1, 0.15) is 33.6 Å².